The minimum atomic E-state index is 0.165. The van der Waals surface area contributed by atoms with Crippen molar-refractivity contribution >= 4 is 11.6 Å². The first-order chi connectivity index (χ1) is 10.1. The molecule has 21 heavy (non-hydrogen) atoms. The molecule has 0 radical (unpaired) electrons. The van der Waals surface area contributed by atoms with Crippen LogP contribution in [-0.4, -0.2) is 18.2 Å². The van der Waals surface area contributed by atoms with Crippen LogP contribution in [0.25, 0.3) is 0 Å². The first kappa shape index (κ1) is 17.4. The highest BCUT2D eigenvalue weighted by atomic mass is 16.5. The Labute approximate surface area is 127 Å². The Bertz CT molecular complexity index is 452. The van der Waals surface area contributed by atoms with Crippen molar-refractivity contribution in [1.29, 1.82) is 0 Å². The van der Waals surface area contributed by atoms with E-state index in [4.69, 9.17) is 4.74 Å². The average Bonchev–Trinajstić information content (AvgIpc) is 2.41. The molecular formula is C18H26O3. The highest BCUT2D eigenvalue weighted by Gasteiger charge is 2.00. The molecule has 116 valence electrons. The monoisotopic (exact) mass is 290 g/mol. The summed E-state index contributed by atoms with van der Waals surface area (Å²) >= 11 is 0. The lowest BCUT2D eigenvalue weighted by Gasteiger charge is -2.07. The molecule has 1 aromatic carbocycles. The van der Waals surface area contributed by atoms with Crippen molar-refractivity contribution in [2.45, 2.75) is 58.8 Å². The third kappa shape index (κ3) is 9.01. The van der Waals surface area contributed by atoms with Crippen molar-refractivity contribution in [2.75, 3.05) is 6.61 Å². The van der Waals surface area contributed by atoms with Gasteiger partial charge >= 0.3 is 0 Å². The van der Waals surface area contributed by atoms with Crippen molar-refractivity contribution in [2.24, 2.45) is 0 Å². The predicted octanol–water partition coefficient (Wildman–Crippen LogP) is 4.13. The Morgan fingerprint density at radius 2 is 1.67 bits per heavy atom. The molecule has 1 rings (SSSR count). The summed E-state index contributed by atoms with van der Waals surface area (Å²) in [6.45, 7) is 3.95. The molecule has 0 N–H and O–H groups in total. The second-order valence-corrected chi connectivity index (χ2v) is 5.59. The van der Waals surface area contributed by atoms with Gasteiger partial charge in [0, 0.05) is 12.8 Å². The Morgan fingerprint density at radius 3 is 2.38 bits per heavy atom. The zero-order valence-electron chi connectivity index (χ0n) is 13.2. The largest absolute Gasteiger partial charge is 0.494 e. The first-order valence-corrected chi connectivity index (χ1v) is 7.78. The quantitative estimate of drug-likeness (QED) is 0.576. The van der Waals surface area contributed by atoms with E-state index in [-0.39, 0.29) is 11.6 Å². The average molecular weight is 290 g/mol. The van der Waals surface area contributed by atoms with Crippen LogP contribution in [0.1, 0.15) is 57.9 Å². The molecule has 0 heterocycles. The number of Topliss-reactive ketones (excluding diaryl/α,β-unsaturated/α-hetero) is 2. The zero-order valence-corrected chi connectivity index (χ0v) is 13.2. The van der Waals surface area contributed by atoms with Gasteiger partial charge in [-0.25, -0.2) is 0 Å². The fourth-order valence-electron chi connectivity index (χ4n) is 2.23. The molecule has 0 aliphatic heterocycles. The Kier molecular flexibility index (Phi) is 8.41. The van der Waals surface area contributed by atoms with E-state index in [0.717, 1.165) is 43.4 Å². The van der Waals surface area contributed by atoms with Gasteiger partial charge in [-0.15, -0.1) is 0 Å². The third-order valence-corrected chi connectivity index (χ3v) is 3.29. The van der Waals surface area contributed by atoms with Gasteiger partial charge in [-0.1, -0.05) is 31.4 Å². The number of rotatable bonds is 11. The second kappa shape index (κ2) is 10.1. The predicted molar refractivity (Wildman–Crippen MR) is 84.7 cm³/mol. The van der Waals surface area contributed by atoms with Crippen LogP contribution >= 0.6 is 0 Å². The van der Waals surface area contributed by atoms with Gasteiger partial charge in [0.25, 0.3) is 0 Å². The second-order valence-electron chi connectivity index (χ2n) is 5.59. The van der Waals surface area contributed by atoms with Crippen molar-refractivity contribution in [1.82, 2.24) is 0 Å². The molecule has 0 aliphatic carbocycles. The molecule has 0 amide bonds. The lowest BCUT2D eigenvalue weighted by molar-refractivity contribution is -0.117. The molecule has 0 spiro atoms. The van der Waals surface area contributed by atoms with Gasteiger partial charge in [0.2, 0.25) is 0 Å². The summed E-state index contributed by atoms with van der Waals surface area (Å²) in [5, 5.41) is 0. The minimum absolute atomic E-state index is 0.165. The minimum Gasteiger partial charge on any atom is -0.494 e. The maximum atomic E-state index is 11.1. The first-order valence-electron chi connectivity index (χ1n) is 7.78. The molecular weight excluding hydrogens is 264 g/mol. The van der Waals surface area contributed by atoms with Crippen LogP contribution in [0.2, 0.25) is 0 Å². The smallest absolute Gasteiger partial charge is 0.134 e. The van der Waals surface area contributed by atoms with Gasteiger partial charge in [0.1, 0.15) is 17.3 Å². The Hall–Kier alpha value is -1.64. The van der Waals surface area contributed by atoms with E-state index in [1.807, 2.05) is 24.3 Å². The van der Waals surface area contributed by atoms with Crippen LogP contribution in [0.3, 0.4) is 0 Å². The maximum absolute atomic E-state index is 11.1. The number of hydrogen-bond donors (Lipinski definition) is 0. The zero-order chi connectivity index (χ0) is 15.5. The number of carbonyl (C=O) groups excluding carboxylic acids is 2. The van der Waals surface area contributed by atoms with E-state index < -0.39 is 0 Å². The van der Waals surface area contributed by atoms with E-state index in [9.17, 15) is 9.59 Å². The number of ether oxygens (including phenoxy) is 1. The number of ketones is 2. The van der Waals surface area contributed by atoms with Crippen molar-refractivity contribution in [3.63, 3.8) is 0 Å². The summed E-state index contributed by atoms with van der Waals surface area (Å²) in [6.07, 6.45) is 6.60. The summed E-state index contributed by atoms with van der Waals surface area (Å²) in [6, 6.07) is 7.74. The molecule has 1 aromatic rings. The van der Waals surface area contributed by atoms with E-state index in [2.05, 4.69) is 0 Å². The molecule has 0 bridgehead atoms. The fraction of sp³-hybridized carbons (Fsp3) is 0.556. The van der Waals surface area contributed by atoms with Crippen LogP contribution in [0, 0.1) is 0 Å². The number of unbranched alkanes of at least 4 members (excludes halogenated alkanes) is 4. The van der Waals surface area contributed by atoms with E-state index in [0.29, 0.717) is 19.4 Å². The SMILES string of the molecule is CC(=O)CCCCCCCOc1cccc(CC(C)=O)c1. The lowest BCUT2D eigenvalue weighted by atomic mass is 10.1. The van der Waals surface area contributed by atoms with E-state index >= 15 is 0 Å². The molecule has 0 aliphatic rings. The molecule has 3 nitrogen and oxygen atoms in total. The van der Waals surface area contributed by atoms with Gasteiger partial charge in [-0.2, -0.15) is 0 Å². The molecule has 0 aromatic heterocycles. The maximum Gasteiger partial charge on any atom is 0.134 e. The molecule has 0 atom stereocenters. The fourth-order valence-corrected chi connectivity index (χ4v) is 2.23. The van der Waals surface area contributed by atoms with Gasteiger partial charge in [0.15, 0.2) is 0 Å². The normalized spacial score (nSPS) is 10.4. The molecule has 0 fully saturated rings. The Balaban J connectivity index is 2.12. The van der Waals surface area contributed by atoms with Crippen molar-refractivity contribution < 1.29 is 14.3 Å². The van der Waals surface area contributed by atoms with Crippen molar-refractivity contribution in [3.05, 3.63) is 29.8 Å². The Morgan fingerprint density at radius 1 is 0.952 bits per heavy atom. The van der Waals surface area contributed by atoms with E-state index in [1.165, 1.54) is 0 Å². The van der Waals surface area contributed by atoms with Crippen LogP contribution in [0.15, 0.2) is 24.3 Å². The van der Waals surface area contributed by atoms with Gasteiger partial charge in [-0.05, 0) is 44.4 Å². The van der Waals surface area contributed by atoms with Gasteiger partial charge in [-0.3, -0.25) is 4.79 Å². The molecule has 0 saturated heterocycles. The lowest BCUT2D eigenvalue weighted by Crippen LogP contribution is -2.00. The van der Waals surface area contributed by atoms with E-state index in [1.54, 1.807) is 13.8 Å². The summed E-state index contributed by atoms with van der Waals surface area (Å²) in [5.41, 5.74) is 1.00. The van der Waals surface area contributed by atoms with Crippen LogP contribution in [-0.2, 0) is 16.0 Å². The molecule has 0 saturated carbocycles. The summed E-state index contributed by atoms with van der Waals surface area (Å²) in [4.78, 5) is 21.9. The standard InChI is InChI=1S/C18H26O3/c1-15(19)9-6-4-3-5-7-12-21-18-11-8-10-17(14-18)13-16(2)20/h8,10-11,14H,3-7,9,12-13H2,1-2H3. The van der Waals surface area contributed by atoms with Crippen molar-refractivity contribution in [3.8, 4) is 5.75 Å². The van der Waals surface area contributed by atoms with Crippen LogP contribution in [0.4, 0.5) is 0 Å². The van der Waals surface area contributed by atoms with Gasteiger partial charge in [0.05, 0.1) is 6.61 Å². The highest BCUT2D eigenvalue weighted by Crippen LogP contribution is 2.15. The summed E-state index contributed by atoms with van der Waals surface area (Å²) < 4.78 is 5.71. The highest BCUT2D eigenvalue weighted by molar-refractivity contribution is 5.78. The molecule has 0 unspecified atom stereocenters. The van der Waals surface area contributed by atoms with Crippen LogP contribution < -0.4 is 4.74 Å². The number of benzene rings is 1. The number of hydrogen-bond acceptors (Lipinski definition) is 3. The molecule has 3 heteroatoms. The van der Waals surface area contributed by atoms with Gasteiger partial charge < -0.3 is 9.53 Å². The topological polar surface area (TPSA) is 43.4 Å². The summed E-state index contributed by atoms with van der Waals surface area (Å²) in [5.74, 6) is 1.28. The third-order valence-electron chi connectivity index (χ3n) is 3.29. The van der Waals surface area contributed by atoms with Crippen LogP contribution in [0.5, 0.6) is 5.75 Å². The number of carbonyl (C=O) groups is 2. The summed E-state index contributed by atoms with van der Waals surface area (Å²) in [7, 11) is 0.